The van der Waals surface area contributed by atoms with Gasteiger partial charge in [-0.05, 0) is 30.2 Å². The lowest BCUT2D eigenvalue weighted by Crippen LogP contribution is -2.59. The molecule has 0 saturated carbocycles. The van der Waals surface area contributed by atoms with Crippen molar-refractivity contribution in [3.8, 4) is 0 Å². The van der Waals surface area contributed by atoms with Gasteiger partial charge in [0, 0.05) is 56.7 Å². The summed E-state index contributed by atoms with van der Waals surface area (Å²) in [6.07, 6.45) is 4.74. The molecule has 0 aliphatic carbocycles. The van der Waals surface area contributed by atoms with Crippen molar-refractivity contribution < 1.29 is 13.5 Å². The summed E-state index contributed by atoms with van der Waals surface area (Å²) in [4.78, 5) is 8.72. The van der Waals surface area contributed by atoms with Gasteiger partial charge in [-0.15, -0.1) is 0 Å². The molecule has 4 nitrogen and oxygen atoms in total. The van der Waals surface area contributed by atoms with Crippen molar-refractivity contribution in [3.05, 3.63) is 65.5 Å². The fraction of sp³-hybridized carbons (Fsp3) is 0.450. The maximum Gasteiger partial charge on any atom is 0.163 e. The molecule has 0 unspecified atom stereocenters. The van der Waals surface area contributed by atoms with Crippen molar-refractivity contribution in [3.63, 3.8) is 0 Å². The van der Waals surface area contributed by atoms with Crippen LogP contribution in [0, 0.1) is 11.6 Å². The summed E-state index contributed by atoms with van der Waals surface area (Å²) in [5.74, 6) is -1.51. The lowest BCUT2D eigenvalue weighted by atomic mass is 9.97. The van der Waals surface area contributed by atoms with Crippen LogP contribution in [0.5, 0.6) is 0 Å². The van der Waals surface area contributed by atoms with Gasteiger partial charge in [-0.3, -0.25) is 14.8 Å². The Kier molecular flexibility index (Phi) is 5.24. The molecule has 1 aromatic carbocycles. The Morgan fingerprint density at radius 2 is 1.92 bits per heavy atom. The molecule has 2 saturated heterocycles. The number of rotatable bonds is 4. The third-order valence-electron chi connectivity index (χ3n) is 5.34. The summed E-state index contributed by atoms with van der Waals surface area (Å²) in [5.41, 5.74) is 1.65. The number of benzene rings is 1. The van der Waals surface area contributed by atoms with Gasteiger partial charge in [0.2, 0.25) is 0 Å². The van der Waals surface area contributed by atoms with E-state index in [0.29, 0.717) is 12.1 Å². The Bertz CT molecular complexity index is 743. The van der Waals surface area contributed by atoms with E-state index >= 15 is 0 Å². The Morgan fingerprint density at radius 3 is 2.77 bits per heavy atom. The predicted molar refractivity (Wildman–Crippen MR) is 94.4 cm³/mol. The molecule has 2 aromatic rings. The topological polar surface area (TPSA) is 28.6 Å². The average Bonchev–Trinajstić information content (AvgIpc) is 2.67. The number of likely N-dealkylation sites (tertiary alicyclic amines) is 1. The molecule has 2 fully saturated rings. The van der Waals surface area contributed by atoms with Crippen molar-refractivity contribution in [2.24, 2.45) is 0 Å². The highest BCUT2D eigenvalue weighted by Crippen LogP contribution is 2.26. The van der Waals surface area contributed by atoms with Gasteiger partial charge in [0.05, 0.1) is 12.7 Å². The minimum absolute atomic E-state index is 0.208. The average molecular weight is 359 g/mol. The molecule has 2 atom stereocenters. The second kappa shape index (κ2) is 7.78. The summed E-state index contributed by atoms with van der Waals surface area (Å²) in [7, 11) is 0. The zero-order chi connectivity index (χ0) is 17.9. The molecule has 26 heavy (non-hydrogen) atoms. The quantitative estimate of drug-likeness (QED) is 0.839. The maximum absolute atomic E-state index is 14.0. The van der Waals surface area contributed by atoms with E-state index in [1.54, 1.807) is 12.1 Å². The molecule has 0 bridgehead atoms. The molecule has 0 N–H and O–H groups in total. The van der Waals surface area contributed by atoms with Crippen molar-refractivity contribution in [2.45, 2.75) is 31.7 Å². The third kappa shape index (κ3) is 3.77. The third-order valence-corrected chi connectivity index (χ3v) is 5.34. The van der Waals surface area contributed by atoms with E-state index < -0.39 is 11.6 Å². The molecule has 0 spiro atoms. The summed E-state index contributed by atoms with van der Waals surface area (Å²) in [5, 5.41) is 0. The number of fused-ring (bicyclic) bond motifs is 1. The number of hydrogen-bond donors (Lipinski definition) is 0. The highest BCUT2D eigenvalue weighted by molar-refractivity contribution is 5.19. The number of piperidine rings is 1. The fourth-order valence-electron chi connectivity index (χ4n) is 3.98. The molecule has 138 valence electrons. The minimum Gasteiger partial charge on any atom is -0.375 e. The van der Waals surface area contributed by atoms with Crippen LogP contribution in [0.4, 0.5) is 8.78 Å². The molecule has 3 heterocycles. The van der Waals surface area contributed by atoms with E-state index in [1.165, 1.54) is 5.56 Å². The minimum atomic E-state index is -0.780. The van der Waals surface area contributed by atoms with Crippen LogP contribution >= 0.6 is 0 Å². The van der Waals surface area contributed by atoms with E-state index in [2.05, 4.69) is 14.8 Å². The summed E-state index contributed by atoms with van der Waals surface area (Å²) in [6, 6.07) is 8.73. The SMILES string of the molecule is Fc1cccc(CN2CC[C@@H]3OCCN(Cc4ccncc4)[C@H]3C2)c1F. The van der Waals surface area contributed by atoms with Crippen LogP contribution in [0.25, 0.3) is 0 Å². The number of nitrogens with zero attached hydrogens (tertiary/aromatic N) is 3. The first kappa shape index (κ1) is 17.5. The fourth-order valence-corrected chi connectivity index (χ4v) is 3.98. The zero-order valence-corrected chi connectivity index (χ0v) is 14.7. The van der Waals surface area contributed by atoms with Crippen LogP contribution in [0.15, 0.2) is 42.7 Å². The van der Waals surface area contributed by atoms with Crippen molar-refractivity contribution in [2.75, 3.05) is 26.2 Å². The largest absolute Gasteiger partial charge is 0.375 e. The number of halogens is 2. The van der Waals surface area contributed by atoms with Gasteiger partial charge in [0.15, 0.2) is 11.6 Å². The lowest BCUT2D eigenvalue weighted by molar-refractivity contribution is -0.107. The molecule has 2 aliphatic heterocycles. The molecule has 1 aromatic heterocycles. The first-order chi connectivity index (χ1) is 12.7. The van der Waals surface area contributed by atoms with E-state index in [9.17, 15) is 8.78 Å². The number of ether oxygens (including phenoxy) is 1. The van der Waals surface area contributed by atoms with Crippen molar-refractivity contribution >= 4 is 0 Å². The van der Waals surface area contributed by atoms with Gasteiger partial charge in [-0.2, -0.15) is 0 Å². The van der Waals surface area contributed by atoms with E-state index in [4.69, 9.17) is 4.74 Å². The second-order valence-electron chi connectivity index (χ2n) is 7.04. The zero-order valence-electron chi connectivity index (χ0n) is 14.7. The van der Waals surface area contributed by atoms with Crippen LogP contribution in [0.2, 0.25) is 0 Å². The molecule has 0 radical (unpaired) electrons. The van der Waals surface area contributed by atoms with E-state index in [0.717, 1.165) is 45.3 Å². The van der Waals surface area contributed by atoms with Crippen LogP contribution < -0.4 is 0 Å². The second-order valence-corrected chi connectivity index (χ2v) is 7.04. The molecule has 6 heteroatoms. The monoisotopic (exact) mass is 359 g/mol. The van der Waals surface area contributed by atoms with Gasteiger partial charge < -0.3 is 4.74 Å². The van der Waals surface area contributed by atoms with Crippen LogP contribution in [0.1, 0.15) is 17.5 Å². The molecule has 0 amide bonds. The van der Waals surface area contributed by atoms with Crippen molar-refractivity contribution in [1.29, 1.82) is 0 Å². The molecule has 4 rings (SSSR count). The predicted octanol–water partition coefficient (Wildman–Crippen LogP) is 2.84. The number of pyridine rings is 1. The van der Waals surface area contributed by atoms with E-state index in [-0.39, 0.29) is 12.1 Å². The number of morpholine rings is 1. The van der Waals surface area contributed by atoms with E-state index in [1.807, 2.05) is 24.5 Å². The number of aromatic nitrogens is 1. The highest BCUT2D eigenvalue weighted by atomic mass is 19.2. The first-order valence-corrected chi connectivity index (χ1v) is 9.10. The summed E-state index contributed by atoms with van der Waals surface area (Å²) >= 11 is 0. The molecule has 2 aliphatic rings. The molecular weight excluding hydrogens is 336 g/mol. The Balaban J connectivity index is 1.45. The summed E-state index contributed by atoms with van der Waals surface area (Å²) < 4.78 is 33.5. The maximum atomic E-state index is 14.0. The highest BCUT2D eigenvalue weighted by Gasteiger charge is 2.37. The number of hydrogen-bond acceptors (Lipinski definition) is 4. The first-order valence-electron chi connectivity index (χ1n) is 9.10. The smallest absolute Gasteiger partial charge is 0.163 e. The lowest BCUT2D eigenvalue weighted by Gasteiger charge is -2.47. The van der Waals surface area contributed by atoms with Gasteiger partial charge in [0.1, 0.15) is 0 Å². The van der Waals surface area contributed by atoms with Gasteiger partial charge in [-0.25, -0.2) is 8.78 Å². The van der Waals surface area contributed by atoms with Crippen molar-refractivity contribution in [1.82, 2.24) is 14.8 Å². The van der Waals surface area contributed by atoms with Gasteiger partial charge >= 0.3 is 0 Å². The normalized spacial score (nSPS) is 24.4. The Labute approximate surface area is 152 Å². The van der Waals surface area contributed by atoms with Crippen LogP contribution in [0.3, 0.4) is 0 Å². The van der Waals surface area contributed by atoms with Gasteiger partial charge in [0.25, 0.3) is 0 Å². The molecular formula is C20H23F2N3O. The Hall–Kier alpha value is -1.89. The summed E-state index contributed by atoms with van der Waals surface area (Å²) in [6.45, 7) is 4.54. The Morgan fingerprint density at radius 1 is 1.08 bits per heavy atom. The van der Waals surface area contributed by atoms with Crippen LogP contribution in [-0.2, 0) is 17.8 Å². The van der Waals surface area contributed by atoms with Gasteiger partial charge in [-0.1, -0.05) is 12.1 Å². The standard InChI is InChI=1S/C20H23F2N3O/c21-17-3-1-2-16(20(17)22)13-24-9-6-19-18(14-24)25(10-11-26-19)12-15-4-7-23-8-5-15/h1-5,7-8,18-19H,6,9-14H2/t18-,19-/m0/s1. The van der Waals surface area contributed by atoms with Crippen LogP contribution in [-0.4, -0.2) is 53.2 Å².